The molecule has 6 heteroatoms. The van der Waals surface area contributed by atoms with Crippen molar-refractivity contribution < 1.29 is 14.1 Å². The number of carbonyl (C=O) groups is 1. The molecule has 0 atom stereocenters. The molecule has 2 aliphatic rings. The van der Waals surface area contributed by atoms with Crippen LogP contribution in [-0.2, 0) is 10.2 Å². The highest BCUT2D eigenvalue weighted by Gasteiger charge is 2.55. The third kappa shape index (κ3) is 2.91. The second-order valence-electron chi connectivity index (χ2n) is 6.99. The van der Waals surface area contributed by atoms with Crippen molar-refractivity contribution >= 4 is 5.91 Å². The maximum Gasteiger partial charge on any atom is 0.235 e. The number of ether oxygens (including phenoxy) is 1. The van der Waals surface area contributed by atoms with Gasteiger partial charge in [0, 0.05) is 37.8 Å². The van der Waals surface area contributed by atoms with Gasteiger partial charge in [-0.3, -0.25) is 4.79 Å². The van der Waals surface area contributed by atoms with Gasteiger partial charge in [0.05, 0.1) is 18.2 Å². The lowest BCUT2D eigenvalue weighted by Crippen LogP contribution is -2.50. The van der Waals surface area contributed by atoms with Gasteiger partial charge in [-0.25, -0.2) is 0 Å². The van der Waals surface area contributed by atoms with Crippen LogP contribution in [0, 0.1) is 0 Å². The van der Waals surface area contributed by atoms with Gasteiger partial charge >= 0.3 is 0 Å². The third-order valence-electron chi connectivity index (χ3n) is 5.30. The Morgan fingerprint density at radius 2 is 1.96 bits per heavy atom. The summed E-state index contributed by atoms with van der Waals surface area (Å²) in [7, 11) is 3.73. The molecular weight excluding hydrogens is 318 g/mol. The van der Waals surface area contributed by atoms with Crippen LogP contribution in [-0.4, -0.2) is 61.2 Å². The normalized spacial score (nSPS) is 19.7. The molecule has 0 spiro atoms. The molecule has 1 aliphatic carbocycles. The fourth-order valence-electron chi connectivity index (χ4n) is 3.43. The van der Waals surface area contributed by atoms with Crippen LogP contribution in [0.15, 0.2) is 34.9 Å². The van der Waals surface area contributed by atoms with Crippen LogP contribution in [0.1, 0.15) is 18.5 Å². The number of amides is 1. The Bertz CT molecular complexity index is 774. The van der Waals surface area contributed by atoms with E-state index < -0.39 is 5.41 Å². The Labute approximate surface area is 147 Å². The summed E-state index contributed by atoms with van der Waals surface area (Å²) in [6.45, 7) is 3.43. The second-order valence-corrected chi connectivity index (χ2v) is 6.99. The fourth-order valence-corrected chi connectivity index (χ4v) is 3.43. The molecule has 1 amide bonds. The van der Waals surface area contributed by atoms with Crippen molar-refractivity contribution in [3.8, 4) is 17.1 Å². The van der Waals surface area contributed by atoms with Crippen molar-refractivity contribution in [2.45, 2.75) is 18.3 Å². The first kappa shape index (κ1) is 16.1. The fraction of sp³-hybridized carbons (Fsp3) is 0.474. The zero-order chi connectivity index (χ0) is 17.4. The highest BCUT2D eigenvalue weighted by Crippen LogP contribution is 2.50. The van der Waals surface area contributed by atoms with E-state index in [0.717, 1.165) is 56.0 Å². The summed E-state index contributed by atoms with van der Waals surface area (Å²) in [6.07, 6.45) is 1.70. The minimum absolute atomic E-state index is 0.200. The summed E-state index contributed by atoms with van der Waals surface area (Å²) < 4.78 is 10.8. The zero-order valence-electron chi connectivity index (χ0n) is 14.7. The van der Waals surface area contributed by atoms with Gasteiger partial charge in [0.1, 0.15) is 5.75 Å². The molecule has 1 saturated carbocycles. The van der Waals surface area contributed by atoms with Gasteiger partial charge < -0.3 is 19.1 Å². The van der Waals surface area contributed by atoms with Crippen molar-refractivity contribution in [1.29, 1.82) is 0 Å². The van der Waals surface area contributed by atoms with Gasteiger partial charge in [-0.05, 0) is 32.0 Å². The van der Waals surface area contributed by atoms with Gasteiger partial charge in [-0.2, -0.15) is 0 Å². The molecule has 132 valence electrons. The molecule has 0 bridgehead atoms. The molecule has 6 nitrogen and oxygen atoms in total. The van der Waals surface area contributed by atoms with Gasteiger partial charge in [-0.15, -0.1) is 0 Å². The summed E-state index contributed by atoms with van der Waals surface area (Å²) in [5, 5.41) is 4.24. The number of hydrogen-bond donors (Lipinski definition) is 0. The number of piperazine rings is 1. The first-order valence-corrected chi connectivity index (χ1v) is 8.72. The van der Waals surface area contributed by atoms with E-state index in [0.29, 0.717) is 5.76 Å². The van der Waals surface area contributed by atoms with Crippen LogP contribution in [0.5, 0.6) is 5.75 Å². The predicted molar refractivity (Wildman–Crippen MR) is 93.5 cm³/mol. The summed E-state index contributed by atoms with van der Waals surface area (Å²) >= 11 is 0. The number of nitrogens with zero attached hydrogens (tertiary/aromatic N) is 3. The van der Waals surface area contributed by atoms with Crippen LogP contribution in [0.2, 0.25) is 0 Å². The monoisotopic (exact) mass is 341 g/mol. The van der Waals surface area contributed by atoms with E-state index >= 15 is 0 Å². The first-order valence-electron chi connectivity index (χ1n) is 8.72. The number of hydrogen-bond acceptors (Lipinski definition) is 5. The molecule has 2 fully saturated rings. The predicted octanol–water partition coefficient (Wildman–Crippen LogP) is 2.16. The van der Waals surface area contributed by atoms with Gasteiger partial charge in [-0.1, -0.05) is 17.3 Å². The Kier molecular flexibility index (Phi) is 4.00. The molecule has 0 N–H and O–H groups in total. The van der Waals surface area contributed by atoms with Crippen LogP contribution >= 0.6 is 0 Å². The number of rotatable bonds is 4. The van der Waals surface area contributed by atoms with Crippen molar-refractivity contribution in [1.82, 2.24) is 15.0 Å². The Balaban J connectivity index is 1.56. The number of likely N-dealkylation sites (N-methyl/N-ethyl adjacent to an activating group) is 1. The molecule has 1 aromatic heterocycles. The third-order valence-corrected chi connectivity index (χ3v) is 5.30. The van der Waals surface area contributed by atoms with Gasteiger partial charge in [0.2, 0.25) is 5.91 Å². The molecule has 1 aromatic carbocycles. The first-order chi connectivity index (χ1) is 12.1. The molecule has 0 radical (unpaired) electrons. The molecular formula is C19H23N3O3. The number of benzene rings is 1. The van der Waals surface area contributed by atoms with E-state index in [1.54, 1.807) is 7.11 Å². The number of carbonyl (C=O) groups excluding carboxylic acids is 1. The largest absolute Gasteiger partial charge is 0.497 e. The van der Waals surface area contributed by atoms with Crippen molar-refractivity contribution in [2.75, 3.05) is 40.3 Å². The SMILES string of the molecule is COc1cccc(-c2cc(C3(C(=O)N4CCN(C)CC4)CC3)no2)c1. The summed E-state index contributed by atoms with van der Waals surface area (Å²) in [5.74, 6) is 1.64. The number of aromatic nitrogens is 1. The van der Waals surface area contributed by atoms with Crippen LogP contribution in [0.25, 0.3) is 11.3 Å². The van der Waals surface area contributed by atoms with E-state index in [2.05, 4.69) is 17.1 Å². The highest BCUT2D eigenvalue weighted by molar-refractivity contribution is 5.91. The molecule has 1 aliphatic heterocycles. The average Bonchev–Trinajstić information content (AvgIpc) is 3.31. The summed E-state index contributed by atoms with van der Waals surface area (Å²) in [6, 6.07) is 9.58. The Morgan fingerprint density at radius 3 is 2.64 bits per heavy atom. The maximum atomic E-state index is 13.0. The molecule has 4 rings (SSSR count). The number of methoxy groups -OCH3 is 1. The minimum Gasteiger partial charge on any atom is -0.497 e. The maximum absolute atomic E-state index is 13.0. The Morgan fingerprint density at radius 1 is 1.20 bits per heavy atom. The second kappa shape index (κ2) is 6.19. The van der Waals surface area contributed by atoms with Crippen LogP contribution in [0.4, 0.5) is 0 Å². The van der Waals surface area contributed by atoms with E-state index in [-0.39, 0.29) is 5.91 Å². The van der Waals surface area contributed by atoms with Gasteiger partial charge in [0.25, 0.3) is 0 Å². The standard InChI is InChI=1S/C19H23N3O3/c1-21-8-10-22(11-9-21)18(23)19(6-7-19)17-13-16(25-20-17)14-4-3-5-15(12-14)24-2/h3-5,12-13H,6-11H2,1-2H3. The lowest BCUT2D eigenvalue weighted by Gasteiger charge is -2.34. The van der Waals surface area contributed by atoms with Crippen molar-refractivity contribution in [2.24, 2.45) is 0 Å². The molecule has 25 heavy (non-hydrogen) atoms. The average molecular weight is 341 g/mol. The molecule has 0 unspecified atom stereocenters. The molecule has 2 heterocycles. The van der Waals surface area contributed by atoms with Crippen molar-refractivity contribution in [3.05, 3.63) is 36.0 Å². The minimum atomic E-state index is -0.476. The highest BCUT2D eigenvalue weighted by atomic mass is 16.5. The van der Waals surface area contributed by atoms with E-state index in [1.165, 1.54) is 0 Å². The van der Waals surface area contributed by atoms with Crippen molar-refractivity contribution in [3.63, 3.8) is 0 Å². The van der Waals surface area contributed by atoms with Crippen LogP contribution < -0.4 is 4.74 Å². The zero-order valence-corrected chi connectivity index (χ0v) is 14.7. The van der Waals surface area contributed by atoms with E-state index in [1.807, 2.05) is 35.2 Å². The summed E-state index contributed by atoms with van der Waals surface area (Å²) in [4.78, 5) is 17.3. The van der Waals surface area contributed by atoms with Crippen LogP contribution in [0.3, 0.4) is 0 Å². The Hall–Kier alpha value is -2.34. The topological polar surface area (TPSA) is 58.8 Å². The molecule has 1 saturated heterocycles. The van der Waals surface area contributed by atoms with E-state index in [9.17, 15) is 4.79 Å². The van der Waals surface area contributed by atoms with E-state index in [4.69, 9.17) is 9.26 Å². The summed E-state index contributed by atoms with van der Waals surface area (Å²) in [5.41, 5.74) is 1.19. The smallest absolute Gasteiger partial charge is 0.235 e. The molecule has 2 aromatic rings. The lowest BCUT2D eigenvalue weighted by atomic mass is 9.99. The quantitative estimate of drug-likeness (QED) is 0.853. The lowest BCUT2D eigenvalue weighted by molar-refractivity contribution is -0.135. The van der Waals surface area contributed by atoms with Gasteiger partial charge in [0.15, 0.2) is 5.76 Å².